The van der Waals surface area contributed by atoms with E-state index in [0.29, 0.717) is 44.7 Å². The molecule has 22 heavy (non-hydrogen) atoms. The normalized spacial score (nSPS) is 22.3. The second-order valence-electron chi connectivity index (χ2n) is 7.00. The third-order valence-corrected chi connectivity index (χ3v) is 5.09. The largest absolute Gasteiger partial charge is 0.480 e. The van der Waals surface area contributed by atoms with Crippen molar-refractivity contribution in [1.29, 1.82) is 0 Å². The number of aliphatic carboxylic acids is 1. The van der Waals surface area contributed by atoms with Gasteiger partial charge in [0.05, 0.1) is 0 Å². The molecular weight excluding hydrogens is 284 g/mol. The lowest BCUT2D eigenvalue weighted by molar-refractivity contribution is -0.154. The quantitative estimate of drug-likeness (QED) is 0.748. The van der Waals surface area contributed by atoms with Gasteiger partial charge in [-0.25, -0.2) is 0 Å². The number of likely N-dealkylation sites (tertiary alicyclic amines) is 1. The second-order valence-corrected chi connectivity index (χ2v) is 7.00. The van der Waals surface area contributed by atoms with Crippen LogP contribution in [0.2, 0.25) is 0 Å². The molecule has 2 aliphatic rings. The Hall–Kier alpha value is -1.59. The van der Waals surface area contributed by atoms with Gasteiger partial charge in [-0.15, -0.1) is 0 Å². The molecule has 1 aliphatic carbocycles. The Balaban J connectivity index is 1.84. The molecule has 1 aliphatic heterocycles. The van der Waals surface area contributed by atoms with E-state index in [-0.39, 0.29) is 23.8 Å². The lowest BCUT2D eigenvalue weighted by Gasteiger charge is -2.33. The predicted molar refractivity (Wildman–Crippen MR) is 81.0 cm³/mol. The van der Waals surface area contributed by atoms with E-state index < -0.39 is 11.4 Å². The number of amides is 2. The molecule has 2 N–H and O–H groups in total. The van der Waals surface area contributed by atoms with E-state index in [2.05, 4.69) is 19.2 Å². The molecule has 2 rings (SSSR count). The molecule has 1 heterocycles. The van der Waals surface area contributed by atoms with Crippen LogP contribution in [0.3, 0.4) is 0 Å². The van der Waals surface area contributed by atoms with Gasteiger partial charge in [-0.2, -0.15) is 0 Å². The Kier molecular flexibility index (Phi) is 4.78. The molecule has 0 spiro atoms. The first-order valence-electron chi connectivity index (χ1n) is 8.11. The topological polar surface area (TPSA) is 86.7 Å². The van der Waals surface area contributed by atoms with E-state index in [9.17, 15) is 19.5 Å². The van der Waals surface area contributed by atoms with Gasteiger partial charge in [-0.3, -0.25) is 14.4 Å². The van der Waals surface area contributed by atoms with Crippen LogP contribution in [-0.4, -0.2) is 46.9 Å². The molecule has 0 unspecified atom stereocenters. The van der Waals surface area contributed by atoms with Gasteiger partial charge in [0.2, 0.25) is 11.8 Å². The minimum atomic E-state index is -1.17. The minimum absolute atomic E-state index is 0.0488. The van der Waals surface area contributed by atoms with E-state index in [1.807, 2.05) is 6.92 Å². The number of carbonyl (C=O) groups excluding carboxylic acids is 2. The number of piperidine rings is 1. The maximum atomic E-state index is 12.3. The third kappa shape index (κ3) is 3.25. The molecule has 0 aromatic rings. The van der Waals surface area contributed by atoms with Crippen molar-refractivity contribution in [3.8, 4) is 0 Å². The van der Waals surface area contributed by atoms with E-state index in [1.165, 1.54) is 0 Å². The molecule has 124 valence electrons. The van der Waals surface area contributed by atoms with Crippen molar-refractivity contribution in [3.63, 3.8) is 0 Å². The SMILES string of the molecule is CC(C)[C@@H](C)NC(=O)C1CCN(C(=O)C2(C(=O)O)CC2)CC1. The monoisotopic (exact) mass is 310 g/mol. The average molecular weight is 310 g/mol. The summed E-state index contributed by atoms with van der Waals surface area (Å²) in [6, 6.07) is 0.133. The first kappa shape index (κ1) is 16.8. The number of carbonyl (C=O) groups is 3. The van der Waals surface area contributed by atoms with Crippen molar-refractivity contribution in [2.24, 2.45) is 17.3 Å². The van der Waals surface area contributed by atoms with Crippen LogP contribution in [0.15, 0.2) is 0 Å². The van der Waals surface area contributed by atoms with Gasteiger partial charge in [-0.1, -0.05) is 13.8 Å². The van der Waals surface area contributed by atoms with Crippen LogP contribution in [-0.2, 0) is 14.4 Å². The molecule has 6 nitrogen and oxygen atoms in total. The van der Waals surface area contributed by atoms with Crippen molar-refractivity contribution in [2.75, 3.05) is 13.1 Å². The third-order valence-electron chi connectivity index (χ3n) is 5.09. The van der Waals surface area contributed by atoms with Gasteiger partial charge >= 0.3 is 5.97 Å². The first-order valence-corrected chi connectivity index (χ1v) is 8.11. The lowest BCUT2D eigenvalue weighted by atomic mass is 9.93. The van der Waals surface area contributed by atoms with Crippen LogP contribution < -0.4 is 5.32 Å². The molecule has 6 heteroatoms. The molecule has 2 amide bonds. The number of rotatable bonds is 5. The van der Waals surface area contributed by atoms with Crippen molar-refractivity contribution in [3.05, 3.63) is 0 Å². The number of nitrogens with one attached hydrogen (secondary N) is 1. The van der Waals surface area contributed by atoms with Gasteiger partial charge < -0.3 is 15.3 Å². The van der Waals surface area contributed by atoms with E-state index in [4.69, 9.17) is 0 Å². The maximum Gasteiger partial charge on any atom is 0.319 e. The summed E-state index contributed by atoms with van der Waals surface area (Å²) < 4.78 is 0. The summed E-state index contributed by atoms with van der Waals surface area (Å²) in [6.07, 6.45) is 2.09. The standard InChI is InChI=1S/C16H26N2O4/c1-10(2)11(3)17-13(19)12-4-8-18(9-5-12)14(20)16(6-7-16)15(21)22/h10-12H,4-9H2,1-3H3,(H,17,19)(H,21,22)/t11-/m1/s1. The number of nitrogens with zero attached hydrogens (tertiary/aromatic N) is 1. The van der Waals surface area contributed by atoms with Crippen LogP contribution in [0, 0.1) is 17.3 Å². The van der Waals surface area contributed by atoms with Crippen LogP contribution in [0.4, 0.5) is 0 Å². The number of hydrogen-bond donors (Lipinski definition) is 2. The number of carboxylic acids is 1. The Morgan fingerprint density at radius 2 is 1.68 bits per heavy atom. The van der Waals surface area contributed by atoms with Crippen LogP contribution in [0.1, 0.15) is 46.5 Å². The van der Waals surface area contributed by atoms with Gasteiger partial charge in [0.1, 0.15) is 5.41 Å². The highest BCUT2D eigenvalue weighted by Crippen LogP contribution is 2.47. The molecule has 0 aromatic carbocycles. The first-order chi connectivity index (χ1) is 10.3. The van der Waals surface area contributed by atoms with Crippen LogP contribution >= 0.6 is 0 Å². The van der Waals surface area contributed by atoms with Gasteiger partial charge in [0.25, 0.3) is 0 Å². The van der Waals surface area contributed by atoms with Gasteiger partial charge in [0.15, 0.2) is 0 Å². The summed E-state index contributed by atoms with van der Waals surface area (Å²) in [5.41, 5.74) is -1.17. The Morgan fingerprint density at radius 3 is 2.09 bits per heavy atom. The molecule has 1 atom stereocenters. The summed E-state index contributed by atoms with van der Waals surface area (Å²) in [5.74, 6) is -0.925. The number of hydrogen-bond acceptors (Lipinski definition) is 3. The van der Waals surface area contributed by atoms with Crippen molar-refractivity contribution in [2.45, 2.75) is 52.5 Å². The maximum absolute atomic E-state index is 12.3. The lowest BCUT2D eigenvalue weighted by Crippen LogP contribution is -2.48. The molecule has 0 radical (unpaired) electrons. The summed E-state index contributed by atoms with van der Waals surface area (Å²) in [4.78, 5) is 37.3. The van der Waals surface area contributed by atoms with E-state index >= 15 is 0 Å². The molecule has 0 bridgehead atoms. The summed E-state index contributed by atoms with van der Waals surface area (Å²) >= 11 is 0. The van der Waals surface area contributed by atoms with Crippen LogP contribution in [0.5, 0.6) is 0 Å². The fraction of sp³-hybridized carbons (Fsp3) is 0.812. The van der Waals surface area contributed by atoms with Crippen molar-refractivity contribution in [1.82, 2.24) is 10.2 Å². The zero-order valence-electron chi connectivity index (χ0n) is 13.6. The highest BCUT2D eigenvalue weighted by Gasteiger charge is 2.58. The Morgan fingerprint density at radius 1 is 1.14 bits per heavy atom. The zero-order valence-corrected chi connectivity index (χ0v) is 13.6. The summed E-state index contributed by atoms with van der Waals surface area (Å²) in [7, 11) is 0. The molecule has 1 saturated heterocycles. The minimum Gasteiger partial charge on any atom is -0.480 e. The van der Waals surface area contributed by atoms with Gasteiger partial charge in [-0.05, 0) is 38.5 Å². The zero-order chi connectivity index (χ0) is 16.5. The molecule has 0 aromatic heterocycles. The summed E-state index contributed by atoms with van der Waals surface area (Å²) in [5, 5.41) is 12.2. The number of carboxylic acid groups (broad SMARTS) is 1. The second kappa shape index (κ2) is 6.26. The van der Waals surface area contributed by atoms with Crippen molar-refractivity contribution >= 4 is 17.8 Å². The summed E-state index contributed by atoms with van der Waals surface area (Å²) in [6.45, 7) is 7.06. The van der Waals surface area contributed by atoms with E-state index in [1.54, 1.807) is 4.90 Å². The average Bonchev–Trinajstić information content (AvgIpc) is 3.28. The molecule has 1 saturated carbocycles. The molecular formula is C16H26N2O4. The van der Waals surface area contributed by atoms with Gasteiger partial charge in [0, 0.05) is 25.0 Å². The Labute approximate surface area is 131 Å². The molecule has 2 fully saturated rings. The predicted octanol–water partition coefficient (Wildman–Crippen LogP) is 1.25. The van der Waals surface area contributed by atoms with E-state index in [0.717, 1.165) is 0 Å². The highest BCUT2D eigenvalue weighted by molar-refractivity contribution is 6.04. The highest BCUT2D eigenvalue weighted by atomic mass is 16.4. The fourth-order valence-corrected chi connectivity index (χ4v) is 2.80. The Bertz CT molecular complexity index is 463. The fourth-order valence-electron chi connectivity index (χ4n) is 2.80. The van der Waals surface area contributed by atoms with Crippen LogP contribution in [0.25, 0.3) is 0 Å². The van der Waals surface area contributed by atoms with Crippen molar-refractivity contribution < 1.29 is 19.5 Å². The smallest absolute Gasteiger partial charge is 0.319 e.